The molecule has 7 nitrogen and oxygen atoms in total. The van der Waals surface area contributed by atoms with Gasteiger partial charge in [0.15, 0.2) is 10.9 Å². The summed E-state index contributed by atoms with van der Waals surface area (Å²) in [5, 5.41) is 2.02. The van der Waals surface area contributed by atoms with Crippen molar-refractivity contribution in [2.45, 2.75) is 36.0 Å². The van der Waals surface area contributed by atoms with Crippen molar-refractivity contribution in [1.82, 2.24) is 9.29 Å². The summed E-state index contributed by atoms with van der Waals surface area (Å²) in [7, 11) is -3.57. The van der Waals surface area contributed by atoms with Gasteiger partial charge in [-0.2, -0.15) is 4.31 Å². The molecule has 0 spiro atoms. The predicted molar refractivity (Wildman–Crippen MR) is 127 cm³/mol. The van der Waals surface area contributed by atoms with E-state index in [9.17, 15) is 22.0 Å². The van der Waals surface area contributed by atoms with Gasteiger partial charge in [0.2, 0.25) is 5.91 Å². The van der Waals surface area contributed by atoms with Gasteiger partial charge in [0, 0.05) is 31.7 Å². The maximum absolute atomic E-state index is 14.3. The van der Waals surface area contributed by atoms with Crippen molar-refractivity contribution >= 4 is 54.0 Å². The summed E-state index contributed by atoms with van der Waals surface area (Å²) >= 11 is 2.24. The number of thiazole rings is 1. The largest absolute Gasteiger partial charge is 0.376 e. The van der Waals surface area contributed by atoms with E-state index in [4.69, 9.17) is 4.74 Å². The minimum absolute atomic E-state index is 0.0309. The summed E-state index contributed by atoms with van der Waals surface area (Å²) in [4.78, 5) is 19.4. The molecule has 1 unspecified atom stereocenters. The molecule has 1 amide bonds. The molecule has 34 heavy (non-hydrogen) atoms. The maximum Gasteiger partial charge on any atom is 0.252 e. The van der Waals surface area contributed by atoms with E-state index in [0.717, 1.165) is 30.2 Å². The van der Waals surface area contributed by atoms with Crippen molar-refractivity contribution in [1.29, 1.82) is 0 Å². The number of carbonyl (C=O) groups is 1. The molecule has 2 aliphatic rings. The monoisotopic (exact) mass is 527 g/mol. The molecule has 0 saturated carbocycles. The molecular formula is C22H23F2N3O4S3. The van der Waals surface area contributed by atoms with E-state index < -0.39 is 27.6 Å². The molecule has 1 aromatic carbocycles. The zero-order valence-electron chi connectivity index (χ0n) is 18.2. The van der Waals surface area contributed by atoms with Crippen molar-refractivity contribution < 1.29 is 26.7 Å². The standard InChI is InChI=1S/C22H23F2N3O4S3/c23-15-11-17(24)20-18(12-15)33-22(25-20)27(13-16-3-1-9-31-16)21(28)14-5-7-26(8-6-14)34(29,30)19-4-2-10-32-19/h2,4,10-12,14,16H,1,3,5-9,13H2. The number of sulfonamides is 1. The summed E-state index contributed by atoms with van der Waals surface area (Å²) < 4.78 is 61.4. The minimum atomic E-state index is -3.57. The Bertz CT molecular complexity index is 1280. The summed E-state index contributed by atoms with van der Waals surface area (Å²) in [6, 6.07) is 5.27. The Hall–Kier alpha value is -1.99. The van der Waals surface area contributed by atoms with Crippen LogP contribution in [0.5, 0.6) is 0 Å². The zero-order valence-corrected chi connectivity index (χ0v) is 20.6. The fourth-order valence-corrected chi connectivity index (χ4v) is 8.05. The topological polar surface area (TPSA) is 79.8 Å². The van der Waals surface area contributed by atoms with Gasteiger partial charge in [-0.05, 0) is 43.2 Å². The van der Waals surface area contributed by atoms with Crippen molar-refractivity contribution in [3.8, 4) is 0 Å². The number of carbonyl (C=O) groups excluding carboxylic acids is 1. The molecule has 0 bridgehead atoms. The van der Waals surface area contributed by atoms with Crippen LogP contribution in [0, 0.1) is 17.6 Å². The van der Waals surface area contributed by atoms with Gasteiger partial charge in [0.1, 0.15) is 15.5 Å². The molecule has 5 rings (SSSR count). The first-order valence-electron chi connectivity index (χ1n) is 11.0. The van der Waals surface area contributed by atoms with Crippen LogP contribution in [0.2, 0.25) is 0 Å². The van der Waals surface area contributed by atoms with Crippen molar-refractivity contribution in [2.24, 2.45) is 5.92 Å². The van der Waals surface area contributed by atoms with Gasteiger partial charge in [-0.3, -0.25) is 9.69 Å². The first kappa shape index (κ1) is 23.7. The highest BCUT2D eigenvalue weighted by Crippen LogP contribution is 2.34. The third kappa shape index (κ3) is 4.61. The fourth-order valence-electron chi connectivity index (χ4n) is 4.42. The van der Waals surface area contributed by atoms with Crippen LogP contribution in [0.25, 0.3) is 10.2 Å². The number of benzene rings is 1. The lowest BCUT2D eigenvalue weighted by Gasteiger charge is -2.33. The lowest BCUT2D eigenvalue weighted by molar-refractivity contribution is -0.123. The average molecular weight is 528 g/mol. The van der Waals surface area contributed by atoms with E-state index in [2.05, 4.69) is 4.98 Å². The number of aromatic nitrogens is 1. The second kappa shape index (κ2) is 9.57. The minimum Gasteiger partial charge on any atom is -0.376 e. The molecule has 2 aliphatic heterocycles. The van der Waals surface area contributed by atoms with Crippen LogP contribution >= 0.6 is 22.7 Å². The number of nitrogens with zero attached hydrogens (tertiary/aromatic N) is 3. The molecule has 182 valence electrons. The van der Waals surface area contributed by atoms with E-state index in [1.807, 2.05) is 0 Å². The number of fused-ring (bicyclic) bond motifs is 1. The van der Waals surface area contributed by atoms with Gasteiger partial charge < -0.3 is 4.74 Å². The SMILES string of the molecule is O=C(C1CCN(S(=O)(=O)c2cccs2)CC1)N(CC1CCCO1)c1nc2c(F)cc(F)cc2s1. The van der Waals surface area contributed by atoms with Gasteiger partial charge in [0.25, 0.3) is 10.0 Å². The molecule has 0 radical (unpaired) electrons. The molecule has 0 N–H and O–H groups in total. The number of amides is 1. The Balaban J connectivity index is 1.37. The Kier molecular flexibility index (Phi) is 6.68. The summed E-state index contributed by atoms with van der Waals surface area (Å²) in [6.07, 6.45) is 2.29. The Morgan fingerprint density at radius 2 is 2.03 bits per heavy atom. The fraction of sp³-hybridized carbons (Fsp3) is 0.455. The smallest absolute Gasteiger partial charge is 0.252 e. The van der Waals surface area contributed by atoms with E-state index in [1.54, 1.807) is 17.5 Å². The molecule has 2 fully saturated rings. The van der Waals surface area contributed by atoms with Crippen LogP contribution in [0.4, 0.5) is 13.9 Å². The molecule has 2 saturated heterocycles. The van der Waals surface area contributed by atoms with E-state index in [1.165, 1.54) is 26.6 Å². The molecule has 1 atom stereocenters. The molecular weight excluding hydrogens is 504 g/mol. The maximum atomic E-state index is 14.3. The highest BCUT2D eigenvalue weighted by atomic mass is 32.2. The Labute approximate surface area is 204 Å². The first-order chi connectivity index (χ1) is 16.3. The quantitative estimate of drug-likeness (QED) is 0.479. The van der Waals surface area contributed by atoms with Crippen LogP contribution in [-0.2, 0) is 19.6 Å². The Morgan fingerprint density at radius 3 is 2.71 bits per heavy atom. The number of piperidine rings is 1. The average Bonchev–Trinajstić information content (AvgIpc) is 3.59. The number of thiophene rings is 1. The highest BCUT2D eigenvalue weighted by Gasteiger charge is 2.36. The predicted octanol–water partition coefficient (Wildman–Crippen LogP) is 4.25. The summed E-state index contributed by atoms with van der Waals surface area (Å²) in [5.74, 6) is -2.06. The van der Waals surface area contributed by atoms with E-state index in [-0.39, 0.29) is 37.2 Å². The number of anilines is 1. The molecule has 3 aromatic rings. The molecule has 0 aliphatic carbocycles. The second-order valence-electron chi connectivity index (χ2n) is 8.43. The van der Waals surface area contributed by atoms with Crippen LogP contribution in [0.15, 0.2) is 33.9 Å². The third-order valence-corrected chi connectivity index (χ3v) is 10.5. The number of hydrogen-bond donors (Lipinski definition) is 0. The number of halogens is 2. The van der Waals surface area contributed by atoms with Gasteiger partial charge >= 0.3 is 0 Å². The lowest BCUT2D eigenvalue weighted by atomic mass is 9.96. The highest BCUT2D eigenvalue weighted by molar-refractivity contribution is 7.91. The van der Waals surface area contributed by atoms with E-state index >= 15 is 0 Å². The third-order valence-electron chi connectivity index (χ3n) is 6.20. The zero-order chi connectivity index (χ0) is 23.9. The van der Waals surface area contributed by atoms with Crippen molar-refractivity contribution in [3.05, 3.63) is 41.3 Å². The summed E-state index contributed by atoms with van der Waals surface area (Å²) in [6.45, 7) is 1.37. The van der Waals surface area contributed by atoms with Crippen LogP contribution < -0.4 is 4.90 Å². The van der Waals surface area contributed by atoms with Crippen molar-refractivity contribution in [2.75, 3.05) is 31.1 Å². The lowest BCUT2D eigenvalue weighted by Crippen LogP contribution is -2.46. The van der Waals surface area contributed by atoms with Gasteiger partial charge in [0.05, 0.1) is 17.3 Å². The number of ether oxygens (including phenoxy) is 1. The molecule has 2 aromatic heterocycles. The number of hydrogen-bond acceptors (Lipinski definition) is 7. The van der Waals surface area contributed by atoms with Gasteiger partial charge in [-0.1, -0.05) is 17.4 Å². The van der Waals surface area contributed by atoms with Gasteiger partial charge in [-0.25, -0.2) is 22.2 Å². The van der Waals surface area contributed by atoms with E-state index in [0.29, 0.717) is 33.5 Å². The summed E-state index contributed by atoms with van der Waals surface area (Å²) in [5.41, 5.74) is 0.0309. The van der Waals surface area contributed by atoms with Gasteiger partial charge in [-0.15, -0.1) is 11.3 Å². The first-order valence-corrected chi connectivity index (χ1v) is 14.2. The number of rotatable bonds is 6. The second-order valence-corrected chi connectivity index (χ2v) is 12.5. The van der Waals surface area contributed by atoms with Crippen LogP contribution in [0.1, 0.15) is 25.7 Å². The van der Waals surface area contributed by atoms with Crippen molar-refractivity contribution in [3.63, 3.8) is 0 Å². The molecule has 4 heterocycles. The normalized spacial score (nSPS) is 20.2. The van der Waals surface area contributed by atoms with Crippen LogP contribution in [0.3, 0.4) is 0 Å². The Morgan fingerprint density at radius 1 is 1.24 bits per heavy atom. The molecule has 12 heteroatoms. The van der Waals surface area contributed by atoms with Crippen LogP contribution in [-0.4, -0.2) is 56.0 Å².